The maximum atomic E-state index is 13.1. The van der Waals surface area contributed by atoms with Gasteiger partial charge in [-0.15, -0.1) is 0 Å². The number of hydrogen-bond acceptors (Lipinski definition) is 3. The van der Waals surface area contributed by atoms with Gasteiger partial charge in [-0.05, 0) is 38.3 Å². The molecule has 142 valence electrons. The number of carbonyl (C=O) groups excluding carboxylic acids is 1. The Morgan fingerprint density at radius 3 is 3.04 bits per heavy atom. The van der Waals surface area contributed by atoms with Crippen molar-refractivity contribution in [2.24, 2.45) is 0 Å². The first-order valence-electron chi connectivity index (χ1n) is 9.92. The van der Waals surface area contributed by atoms with E-state index in [4.69, 9.17) is 0 Å². The smallest absolute Gasteiger partial charge is 0.274 e. The van der Waals surface area contributed by atoms with E-state index in [-0.39, 0.29) is 5.91 Å². The molecule has 0 aliphatic carbocycles. The van der Waals surface area contributed by atoms with Crippen molar-refractivity contribution in [3.63, 3.8) is 0 Å². The van der Waals surface area contributed by atoms with Crippen LogP contribution >= 0.6 is 0 Å². The van der Waals surface area contributed by atoms with Crippen LogP contribution in [0.3, 0.4) is 0 Å². The van der Waals surface area contributed by atoms with Crippen molar-refractivity contribution >= 4 is 11.6 Å². The molecule has 1 saturated heterocycles. The Labute approximate surface area is 159 Å². The average Bonchev–Trinajstić information content (AvgIpc) is 3.33. The number of imidazole rings is 2. The van der Waals surface area contributed by atoms with Crippen LogP contribution in [-0.2, 0) is 6.54 Å². The molecule has 0 N–H and O–H groups in total. The minimum absolute atomic E-state index is 0.0227. The highest BCUT2D eigenvalue weighted by Gasteiger charge is 2.29. The Bertz CT molecular complexity index is 941. The monoisotopic (exact) mass is 365 g/mol. The zero-order chi connectivity index (χ0) is 18.8. The van der Waals surface area contributed by atoms with E-state index in [1.807, 2.05) is 46.8 Å². The average molecular weight is 365 g/mol. The summed E-state index contributed by atoms with van der Waals surface area (Å²) in [6.45, 7) is 6.73. The standard InChI is InChI=1S/C21H27N5O/c1-3-4-11-24-13-10-22-20(24)17-8-6-12-25(14-17)21(27)18-15-26-16(2)7-5-9-19(26)23-18/h5,7,9-10,13,15,17H,3-4,6,8,11-12,14H2,1-2H3/t17-/m1/s1. The molecule has 1 amide bonds. The normalized spacial score (nSPS) is 17.6. The molecule has 0 saturated carbocycles. The largest absolute Gasteiger partial charge is 0.337 e. The Morgan fingerprint density at radius 1 is 1.33 bits per heavy atom. The van der Waals surface area contributed by atoms with Crippen LogP contribution in [-0.4, -0.2) is 42.8 Å². The number of fused-ring (bicyclic) bond motifs is 1. The highest BCUT2D eigenvalue weighted by atomic mass is 16.2. The molecule has 0 radical (unpaired) electrons. The molecule has 0 aromatic carbocycles. The van der Waals surface area contributed by atoms with Crippen LogP contribution in [0.2, 0.25) is 0 Å². The van der Waals surface area contributed by atoms with Crippen molar-refractivity contribution in [2.75, 3.05) is 13.1 Å². The molecule has 3 aromatic rings. The van der Waals surface area contributed by atoms with Crippen LogP contribution in [0.4, 0.5) is 0 Å². The third-order valence-electron chi connectivity index (χ3n) is 5.49. The predicted octanol–water partition coefficient (Wildman–Crippen LogP) is 3.66. The van der Waals surface area contributed by atoms with Gasteiger partial charge in [0.05, 0.1) is 0 Å². The second-order valence-corrected chi connectivity index (χ2v) is 7.44. The molecular weight excluding hydrogens is 338 g/mol. The molecule has 1 atom stereocenters. The Hall–Kier alpha value is -2.63. The zero-order valence-corrected chi connectivity index (χ0v) is 16.1. The Kier molecular flexibility index (Phi) is 4.97. The lowest BCUT2D eigenvalue weighted by Gasteiger charge is -2.32. The predicted molar refractivity (Wildman–Crippen MR) is 105 cm³/mol. The van der Waals surface area contributed by atoms with Crippen molar-refractivity contribution in [2.45, 2.75) is 52.0 Å². The molecule has 6 heteroatoms. The van der Waals surface area contributed by atoms with Gasteiger partial charge in [0.2, 0.25) is 0 Å². The van der Waals surface area contributed by atoms with Crippen molar-refractivity contribution in [3.05, 3.63) is 54.0 Å². The summed E-state index contributed by atoms with van der Waals surface area (Å²) in [5, 5.41) is 0. The summed E-state index contributed by atoms with van der Waals surface area (Å²) in [6.07, 6.45) is 10.2. The van der Waals surface area contributed by atoms with E-state index in [9.17, 15) is 4.79 Å². The summed E-state index contributed by atoms with van der Waals surface area (Å²) >= 11 is 0. The van der Waals surface area contributed by atoms with Gasteiger partial charge in [-0.1, -0.05) is 19.4 Å². The first-order chi connectivity index (χ1) is 13.2. The van der Waals surface area contributed by atoms with Crippen molar-refractivity contribution in [1.29, 1.82) is 0 Å². The number of carbonyl (C=O) groups is 1. The summed E-state index contributed by atoms with van der Waals surface area (Å²) in [6, 6.07) is 5.93. The van der Waals surface area contributed by atoms with Gasteiger partial charge in [0.25, 0.3) is 5.91 Å². The molecule has 0 unspecified atom stereocenters. The lowest BCUT2D eigenvalue weighted by Crippen LogP contribution is -2.40. The number of amides is 1. The fraction of sp³-hybridized carbons (Fsp3) is 0.476. The van der Waals surface area contributed by atoms with Crippen molar-refractivity contribution < 1.29 is 4.79 Å². The fourth-order valence-electron chi connectivity index (χ4n) is 3.98. The molecule has 4 heterocycles. The zero-order valence-electron chi connectivity index (χ0n) is 16.1. The number of pyridine rings is 1. The van der Waals surface area contributed by atoms with Crippen LogP contribution in [0, 0.1) is 6.92 Å². The van der Waals surface area contributed by atoms with Crippen LogP contribution < -0.4 is 0 Å². The van der Waals surface area contributed by atoms with Gasteiger partial charge in [0.1, 0.15) is 17.2 Å². The summed E-state index contributed by atoms with van der Waals surface area (Å²) in [5.41, 5.74) is 2.43. The van der Waals surface area contributed by atoms with E-state index < -0.39 is 0 Å². The summed E-state index contributed by atoms with van der Waals surface area (Å²) in [4.78, 5) is 24.2. The summed E-state index contributed by atoms with van der Waals surface area (Å²) < 4.78 is 4.24. The van der Waals surface area contributed by atoms with E-state index in [2.05, 4.69) is 27.7 Å². The molecule has 3 aromatic heterocycles. The van der Waals surface area contributed by atoms with Gasteiger partial charge in [-0.3, -0.25) is 4.79 Å². The third-order valence-corrected chi connectivity index (χ3v) is 5.49. The number of piperidine rings is 1. The summed E-state index contributed by atoms with van der Waals surface area (Å²) in [7, 11) is 0. The number of rotatable bonds is 5. The van der Waals surface area contributed by atoms with Gasteiger partial charge in [0.15, 0.2) is 0 Å². The van der Waals surface area contributed by atoms with E-state index in [0.717, 1.165) is 56.1 Å². The number of unbranched alkanes of at least 4 members (excludes halogenated alkanes) is 1. The first kappa shape index (κ1) is 17.8. The topological polar surface area (TPSA) is 55.4 Å². The van der Waals surface area contributed by atoms with E-state index in [0.29, 0.717) is 11.6 Å². The molecule has 6 nitrogen and oxygen atoms in total. The summed E-state index contributed by atoms with van der Waals surface area (Å²) in [5.74, 6) is 1.44. The van der Waals surface area contributed by atoms with Gasteiger partial charge in [-0.2, -0.15) is 0 Å². The number of aryl methyl sites for hydroxylation is 2. The molecular formula is C21H27N5O. The number of aromatic nitrogens is 4. The third kappa shape index (κ3) is 3.48. The Balaban J connectivity index is 1.53. The van der Waals surface area contributed by atoms with E-state index >= 15 is 0 Å². The minimum atomic E-state index is 0.0227. The molecule has 0 bridgehead atoms. The van der Waals surface area contributed by atoms with Crippen molar-refractivity contribution in [1.82, 2.24) is 23.8 Å². The SMILES string of the molecule is CCCCn1ccnc1[C@@H]1CCCN(C(=O)c2cn3c(C)cccc3n2)C1. The molecule has 27 heavy (non-hydrogen) atoms. The van der Waals surface area contributed by atoms with Crippen LogP contribution in [0.1, 0.15) is 60.5 Å². The molecule has 1 aliphatic heterocycles. The van der Waals surface area contributed by atoms with Gasteiger partial charge in [0, 0.05) is 49.8 Å². The minimum Gasteiger partial charge on any atom is -0.337 e. The lowest BCUT2D eigenvalue weighted by molar-refractivity contribution is 0.0698. The van der Waals surface area contributed by atoms with Crippen LogP contribution in [0.15, 0.2) is 36.8 Å². The van der Waals surface area contributed by atoms with Crippen molar-refractivity contribution in [3.8, 4) is 0 Å². The number of likely N-dealkylation sites (tertiary alicyclic amines) is 1. The highest BCUT2D eigenvalue weighted by molar-refractivity contribution is 5.93. The number of nitrogens with zero attached hydrogens (tertiary/aromatic N) is 5. The van der Waals surface area contributed by atoms with Gasteiger partial charge >= 0.3 is 0 Å². The second-order valence-electron chi connectivity index (χ2n) is 7.44. The molecule has 4 rings (SSSR count). The quantitative estimate of drug-likeness (QED) is 0.693. The maximum Gasteiger partial charge on any atom is 0.274 e. The highest BCUT2D eigenvalue weighted by Crippen LogP contribution is 2.27. The van der Waals surface area contributed by atoms with E-state index in [1.165, 1.54) is 6.42 Å². The molecule has 1 fully saturated rings. The fourth-order valence-corrected chi connectivity index (χ4v) is 3.98. The van der Waals surface area contributed by atoms with Gasteiger partial charge in [-0.25, -0.2) is 9.97 Å². The Morgan fingerprint density at radius 2 is 2.22 bits per heavy atom. The van der Waals surface area contributed by atoms with Crippen LogP contribution in [0.25, 0.3) is 5.65 Å². The van der Waals surface area contributed by atoms with Gasteiger partial charge < -0.3 is 13.9 Å². The van der Waals surface area contributed by atoms with Crippen LogP contribution in [0.5, 0.6) is 0 Å². The van der Waals surface area contributed by atoms with E-state index in [1.54, 1.807) is 0 Å². The lowest BCUT2D eigenvalue weighted by atomic mass is 9.96. The number of hydrogen-bond donors (Lipinski definition) is 0. The second kappa shape index (κ2) is 7.55. The molecule has 1 aliphatic rings. The maximum absolute atomic E-state index is 13.1. The molecule has 0 spiro atoms. The first-order valence-corrected chi connectivity index (χ1v) is 9.92.